The van der Waals surface area contributed by atoms with E-state index in [1.165, 1.54) is 6.07 Å². The average molecular weight is 297 g/mol. The molecule has 21 heavy (non-hydrogen) atoms. The zero-order chi connectivity index (χ0) is 15.0. The third-order valence-electron chi connectivity index (χ3n) is 3.59. The fourth-order valence-electron chi connectivity index (χ4n) is 2.63. The van der Waals surface area contributed by atoms with Crippen LogP contribution in [-0.4, -0.2) is 16.2 Å². The zero-order valence-electron chi connectivity index (χ0n) is 11.2. The van der Waals surface area contributed by atoms with E-state index in [0.29, 0.717) is 5.69 Å². The van der Waals surface area contributed by atoms with E-state index in [0.717, 1.165) is 43.1 Å². The molecule has 0 radical (unpaired) electrons. The molecule has 1 aliphatic rings. The lowest BCUT2D eigenvalue weighted by atomic mass is 10.0. The van der Waals surface area contributed by atoms with Gasteiger partial charge in [-0.25, -0.2) is 9.37 Å². The van der Waals surface area contributed by atoms with Gasteiger partial charge in [0.2, 0.25) is 0 Å². The second-order valence-corrected chi connectivity index (χ2v) is 4.94. The second kappa shape index (κ2) is 5.31. The van der Waals surface area contributed by atoms with Crippen LogP contribution in [-0.2, 0) is 12.8 Å². The summed E-state index contributed by atoms with van der Waals surface area (Å²) in [5, 5.41) is 0. The Bertz CT molecular complexity index is 670. The van der Waals surface area contributed by atoms with Crippen molar-refractivity contribution in [2.24, 2.45) is 0 Å². The second-order valence-electron chi connectivity index (χ2n) is 4.94. The molecule has 1 aliphatic carbocycles. The predicted molar refractivity (Wildman–Crippen MR) is 71.2 cm³/mol. The van der Waals surface area contributed by atoms with Crippen LogP contribution in [0, 0.1) is 5.82 Å². The third kappa shape index (κ3) is 2.55. The van der Waals surface area contributed by atoms with E-state index in [-0.39, 0.29) is 5.69 Å². The summed E-state index contributed by atoms with van der Waals surface area (Å²) in [5.41, 5.74) is 8.33. The number of nitrogen functional groups attached to an aromatic ring is 1. The number of nitrogens with two attached hydrogens (primary N) is 1. The molecule has 3 rings (SSSR count). The predicted octanol–water partition coefficient (Wildman–Crippen LogP) is 3.07. The van der Waals surface area contributed by atoms with E-state index < -0.39 is 18.2 Å². The first kappa shape index (κ1) is 13.8. The number of aromatic nitrogens is 2. The van der Waals surface area contributed by atoms with E-state index in [1.807, 2.05) is 0 Å². The van der Waals surface area contributed by atoms with Crippen molar-refractivity contribution in [1.82, 2.24) is 9.55 Å². The Kier molecular flexibility index (Phi) is 3.48. The first-order valence-electron chi connectivity index (χ1n) is 6.65. The van der Waals surface area contributed by atoms with Crippen molar-refractivity contribution in [3.63, 3.8) is 0 Å². The summed E-state index contributed by atoms with van der Waals surface area (Å²) in [6.07, 6.45) is 5.40. The third-order valence-corrected chi connectivity index (χ3v) is 3.59. The fourth-order valence-corrected chi connectivity index (χ4v) is 2.63. The minimum atomic E-state index is -3.09. The molecule has 0 amide bonds. The minimum Gasteiger partial charge on any atom is -0.432 e. The van der Waals surface area contributed by atoms with Crippen molar-refractivity contribution in [3.05, 3.63) is 35.7 Å². The highest BCUT2D eigenvalue weighted by molar-refractivity contribution is 5.62. The molecular formula is C14H14F3N3O. The first-order chi connectivity index (χ1) is 10.1. The van der Waals surface area contributed by atoms with Crippen LogP contribution in [0.1, 0.15) is 24.2 Å². The Morgan fingerprint density at radius 3 is 2.76 bits per heavy atom. The lowest BCUT2D eigenvalue weighted by Crippen LogP contribution is -2.10. The van der Waals surface area contributed by atoms with Crippen molar-refractivity contribution < 1.29 is 17.9 Å². The van der Waals surface area contributed by atoms with Crippen LogP contribution in [0.5, 0.6) is 5.75 Å². The van der Waals surface area contributed by atoms with E-state index in [4.69, 9.17) is 5.73 Å². The Balaban J connectivity index is 2.07. The van der Waals surface area contributed by atoms with Gasteiger partial charge in [0.05, 0.1) is 23.4 Å². The number of aryl methyl sites for hydroxylation is 1. The molecule has 0 saturated heterocycles. The van der Waals surface area contributed by atoms with Gasteiger partial charge in [-0.05, 0) is 25.7 Å². The molecule has 0 spiro atoms. The van der Waals surface area contributed by atoms with Crippen molar-refractivity contribution in [2.75, 3.05) is 5.73 Å². The quantitative estimate of drug-likeness (QED) is 0.886. The monoisotopic (exact) mass is 297 g/mol. The summed E-state index contributed by atoms with van der Waals surface area (Å²) in [5.74, 6) is -1.43. The lowest BCUT2D eigenvalue weighted by molar-refractivity contribution is -0.0521. The number of anilines is 1. The van der Waals surface area contributed by atoms with Crippen LogP contribution in [0.4, 0.5) is 18.9 Å². The number of nitrogens with zero attached hydrogens (tertiary/aromatic N) is 2. The van der Waals surface area contributed by atoms with Crippen LogP contribution < -0.4 is 10.5 Å². The van der Waals surface area contributed by atoms with Crippen molar-refractivity contribution in [2.45, 2.75) is 32.3 Å². The lowest BCUT2D eigenvalue weighted by Gasteiger charge is -2.16. The summed E-state index contributed by atoms with van der Waals surface area (Å²) >= 11 is 0. The maximum Gasteiger partial charge on any atom is 0.387 e. The van der Waals surface area contributed by atoms with Gasteiger partial charge in [0.15, 0.2) is 11.6 Å². The molecule has 2 aromatic rings. The first-order valence-corrected chi connectivity index (χ1v) is 6.65. The van der Waals surface area contributed by atoms with Crippen LogP contribution in [0.25, 0.3) is 5.69 Å². The number of halogens is 3. The molecule has 0 bridgehead atoms. The molecule has 0 saturated carbocycles. The van der Waals surface area contributed by atoms with Gasteiger partial charge in [-0.2, -0.15) is 8.78 Å². The maximum absolute atomic E-state index is 13.6. The summed E-state index contributed by atoms with van der Waals surface area (Å²) in [7, 11) is 0. The highest BCUT2D eigenvalue weighted by Gasteiger charge is 2.20. The van der Waals surface area contributed by atoms with Crippen LogP contribution in [0.3, 0.4) is 0 Å². The smallest absolute Gasteiger partial charge is 0.387 e. The van der Waals surface area contributed by atoms with Crippen molar-refractivity contribution in [1.29, 1.82) is 0 Å². The summed E-state index contributed by atoms with van der Waals surface area (Å²) in [6.45, 7) is -3.09. The maximum atomic E-state index is 13.6. The fraction of sp³-hybridized carbons (Fsp3) is 0.357. The van der Waals surface area contributed by atoms with Gasteiger partial charge < -0.3 is 15.0 Å². The van der Waals surface area contributed by atoms with Crippen molar-refractivity contribution in [3.8, 4) is 11.4 Å². The number of hydrogen-bond donors (Lipinski definition) is 1. The highest BCUT2D eigenvalue weighted by Crippen LogP contribution is 2.31. The number of rotatable bonds is 3. The van der Waals surface area contributed by atoms with Crippen LogP contribution in [0.15, 0.2) is 18.5 Å². The molecule has 4 nitrogen and oxygen atoms in total. The number of ether oxygens (including phenoxy) is 1. The Morgan fingerprint density at radius 1 is 1.24 bits per heavy atom. The van der Waals surface area contributed by atoms with Gasteiger partial charge in [-0.1, -0.05) is 0 Å². The standard InChI is InChI=1S/C14H14F3N3O/c15-8-5-9(18)12(6-13(8)21-14(16)17)20-7-19-10-3-1-2-4-11(10)20/h5-7,14H,1-4,18H2. The SMILES string of the molecule is Nc1cc(F)c(OC(F)F)cc1-n1cnc2c1CCCC2. The molecule has 112 valence electrons. The van der Waals surface area contributed by atoms with Gasteiger partial charge in [-0.15, -0.1) is 0 Å². The van der Waals surface area contributed by atoms with Gasteiger partial charge in [0.25, 0.3) is 0 Å². The number of benzene rings is 1. The normalized spacial score (nSPS) is 14.3. The molecule has 0 aliphatic heterocycles. The molecule has 1 aromatic heterocycles. The van der Waals surface area contributed by atoms with E-state index in [2.05, 4.69) is 9.72 Å². The van der Waals surface area contributed by atoms with Gasteiger partial charge in [-0.3, -0.25) is 0 Å². The molecule has 2 N–H and O–H groups in total. The Morgan fingerprint density at radius 2 is 2.00 bits per heavy atom. The molecule has 1 aromatic carbocycles. The molecule has 0 unspecified atom stereocenters. The number of hydrogen-bond acceptors (Lipinski definition) is 3. The summed E-state index contributed by atoms with van der Waals surface area (Å²) in [6, 6.07) is 2.18. The Labute approximate surface area is 119 Å². The van der Waals surface area contributed by atoms with Crippen LogP contribution in [0.2, 0.25) is 0 Å². The molecule has 1 heterocycles. The topological polar surface area (TPSA) is 53.1 Å². The highest BCUT2D eigenvalue weighted by atomic mass is 19.3. The van der Waals surface area contributed by atoms with Crippen LogP contribution >= 0.6 is 0 Å². The minimum absolute atomic E-state index is 0.153. The van der Waals surface area contributed by atoms with Gasteiger partial charge >= 0.3 is 6.61 Å². The average Bonchev–Trinajstić information content (AvgIpc) is 2.85. The number of imidazole rings is 1. The van der Waals surface area contributed by atoms with E-state index >= 15 is 0 Å². The zero-order valence-corrected chi connectivity index (χ0v) is 11.2. The largest absolute Gasteiger partial charge is 0.432 e. The molecular weight excluding hydrogens is 283 g/mol. The number of alkyl halides is 2. The van der Waals surface area contributed by atoms with E-state index in [1.54, 1.807) is 10.9 Å². The van der Waals surface area contributed by atoms with E-state index in [9.17, 15) is 13.2 Å². The summed E-state index contributed by atoms with van der Waals surface area (Å²) in [4.78, 5) is 4.31. The number of fused-ring (bicyclic) bond motifs is 1. The molecule has 0 atom stereocenters. The van der Waals surface area contributed by atoms with Gasteiger partial charge in [0.1, 0.15) is 0 Å². The molecule has 0 fully saturated rings. The Hall–Kier alpha value is -2.18. The molecule has 7 heteroatoms. The van der Waals surface area contributed by atoms with Gasteiger partial charge in [0, 0.05) is 17.8 Å². The van der Waals surface area contributed by atoms with Crippen molar-refractivity contribution >= 4 is 5.69 Å². The summed E-state index contributed by atoms with van der Waals surface area (Å²) < 4.78 is 44.1.